The van der Waals surface area contributed by atoms with E-state index in [1.54, 1.807) is 36.1 Å². The van der Waals surface area contributed by atoms with Gasteiger partial charge in [-0.2, -0.15) is 0 Å². The van der Waals surface area contributed by atoms with Crippen LogP contribution in [-0.4, -0.2) is 53.7 Å². The van der Waals surface area contributed by atoms with Gasteiger partial charge in [-0.3, -0.25) is 9.59 Å². The number of nitrogens with zero attached hydrogens (tertiary/aromatic N) is 3. The number of benzene rings is 3. The van der Waals surface area contributed by atoms with Gasteiger partial charge in [-0.1, -0.05) is 24.3 Å². The Labute approximate surface area is 204 Å². The first kappa shape index (κ1) is 22.7. The first-order valence-corrected chi connectivity index (χ1v) is 11.9. The summed E-state index contributed by atoms with van der Waals surface area (Å²) >= 11 is 0. The van der Waals surface area contributed by atoms with E-state index in [-0.39, 0.29) is 17.7 Å². The van der Waals surface area contributed by atoms with Gasteiger partial charge in [0.2, 0.25) is 0 Å². The van der Waals surface area contributed by atoms with Crippen LogP contribution in [0.5, 0.6) is 0 Å². The number of hydrogen-bond acceptors (Lipinski definition) is 4. The van der Waals surface area contributed by atoms with Crippen LogP contribution in [0.15, 0.2) is 72.8 Å². The fourth-order valence-corrected chi connectivity index (χ4v) is 4.63. The van der Waals surface area contributed by atoms with E-state index in [0.717, 1.165) is 18.8 Å². The van der Waals surface area contributed by atoms with E-state index < -0.39 is 0 Å². The molecule has 5 rings (SSSR count). The highest BCUT2D eigenvalue weighted by Crippen LogP contribution is 2.23. The van der Waals surface area contributed by atoms with Crippen molar-refractivity contribution in [2.75, 3.05) is 36.4 Å². The second kappa shape index (κ2) is 9.62. The zero-order valence-corrected chi connectivity index (χ0v) is 19.7. The molecule has 1 fully saturated rings. The highest BCUT2D eigenvalue weighted by molar-refractivity contribution is 5.96. The maximum atomic E-state index is 13.0. The number of piperazine rings is 1. The van der Waals surface area contributed by atoms with Crippen LogP contribution in [0.1, 0.15) is 38.8 Å². The van der Waals surface area contributed by atoms with Gasteiger partial charge >= 0.3 is 6.03 Å². The van der Waals surface area contributed by atoms with Gasteiger partial charge in [0.05, 0.1) is 0 Å². The predicted molar refractivity (Wildman–Crippen MR) is 136 cm³/mol. The summed E-state index contributed by atoms with van der Waals surface area (Å²) in [5.41, 5.74) is 5.39. The summed E-state index contributed by atoms with van der Waals surface area (Å²) in [7, 11) is 0. The summed E-state index contributed by atoms with van der Waals surface area (Å²) < 4.78 is 0. The second-order valence-electron chi connectivity index (χ2n) is 9.01. The van der Waals surface area contributed by atoms with Crippen LogP contribution in [0.4, 0.5) is 16.2 Å². The monoisotopic (exact) mass is 468 g/mol. The minimum Gasteiger partial charge on any atom is -0.368 e. The quantitative estimate of drug-likeness (QED) is 0.576. The van der Waals surface area contributed by atoms with Crippen LogP contribution in [0.25, 0.3) is 0 Å². The van der Waals surface area contributed by atoms with Gasteiger partial charge in [0.1, 0.15) is 0 Å². The molecule has 3 aromatic carbocycles. The summed E-state index contributed by atoms with van der Waals surface area (Å²) in [6.45, 7) is 5.49. The molecule has 0 atom stereocenters. The Kier molecular flexibility index (Phi) is 6.23. The van der Waals surface area contributed by atoms with Crippen molar-refractivity contribution in [2.45, 2.75) is 20.0 Å². The number of nitrogens with one attached hydrogen (secondary N) is 1. The molecule has 2 aliphatic heterocycles. The van der Waals surface area contributed by atoms with Crippen LogP contribution in [0.3, 0.4) is 0 Å². The molecule has 0 unspecified atom stereocenters. The summed E-state index contributed by atoms with van der Waals surface area (Å²) in [6, 6.07) is 22.6. The smallest absolute Gasteiger partial charge is 0.322 e. The lowest BCUT2D eigenvalue weighted by molar-refractivity contribution is 0.0746. The Morgan fingerprint density at radius 1 is 0.686 bits per heavy atom. The number of anilines is 2. The van der Waals surface area contributed by atoms with E-state index >= 15 is 0 Å². The molecule has 1 saturated heterocycles. The van der Waals surface area contributed by atoms with Gasteiger partial charge < -0.3 is 20.0 Å². The Morgan fingerprint density at radius 2 is 1.26 bits per heavy atom. The van der Waals surface area contributed by atoms with Crippen molar-refractivity contribution in [3.8, 4) is 0 Å². The first-order valence-electron chi connectivity index (χ1n) is 11.9. The number of urea groups is 1. The summed E-state index contributed by atoms with van der Waals surface area (Å²) in [5.74, 6) is 0.0450. The number of hydrogen-bond donors (Lipinski definition) is 1. The van der Waals surface area contributed by atoms with Crippen molar-refractivity contribution >= 4 is 29.1 Å². The number of fused-ring (bicyclic) bond motifs is 1. The van der Waals surface area contributed by atoms with E-state index in [1.165, 1.54) is 11.1 Å². The first-order chi connectivity index (χ1) is 17.0. The van der Waals surface area contributed by atoms with Crippen molar-refractivity contribution in [2.24, 2.45) is 0 Å². The SMILES string of the molecule is CC(=O)c1ccc(N2CCN(C(=O)c3ccc(NC(=O)N4Cc5ccccc5C4)cc3)CC2)cc1. The lowest BCUT2D eigenvalue weighted by Crippen LogP contribution is -2.48. The molecule has 7 heteroatoms. The molecular formula is C28H28N4O3. The second-order valence-corrected chi connectivity index (χ2v) is 9.01. The zero-order valence-electron chi connectivity index (χ0n) is 19.7. The molecule has 0 bridgehead atoms. The van der Waals surface area contributed by atoms with Crippen LogP contribution in [0.2, 0.25) is 0 Å². The molecule has 0 radical (unpaired) electrons. The largest absolute Gasteiger partial charge is 0.368 e. The third kappa shape index (κ3) is 4.89. The van der Waals surface area contributed by atoms with Gasteiger partial charge in [-0.15, -0.1) is 0 Å². The molecule has 2 aliphatic rings. The lowest BCUT2D eigenvalue weighted by Gasteiger charge is -2.36. The standard InChI is InChI=1S/C28H28N4O3/c1-20(33)21-8-12-26(13-9-21)30-14-16-31(17-15-30)27(34)22-6-10-25(11-7-22)29-28(35)32-18-23-4-2-3-5-24(23)19-32/h2-13H,14-19H2,1H3,(H,29,35). The van der Waals surface area contributed by atoms with Crippen molar-refractivity contribution < 1.29 is 14.4 Å². The lowest BCUT2D eigenvalue weighted by atomic mass is 10.1. The fraction of sp³-hybridized carbons (Fsp3) is 0.250. The topological polar surface area (TPSA) is 73.0 Å². The van der Waals surface area contributed by atoms with Crippen LogP contribution >= 0.6 is 0 Å². The maximum absolute atomic E-state index is 13.0. The number of amides is 3. The molecule has 2 heterocycles. The van der Waals surface area contributed by atoms with E-state index in [0.29, 0.717) is 43.0 Å². The molecule has 3 amide bonds. The van der Waals surface area contributed by atoms with Gasteiger partial charge in [0.15, 0.2) is 5.78 Å². The third-order valence-electron chi connectivity index (χ3n) is 6.72. The number of carbonyl (C=O) groups excluding carboxylic acids is 3. The Morgan fingerprint density at radius 3 is 1.83 bits per heavy atom. The molecule has 178 valence electrons. The highest BCUT2D eigenvalue weighted by Gasteiger charge is 2.24. The molecule has 0 spiro atoms. The minimum absolute atomic E-state index is 0.00977. The van der Waals surface area contributed by atoms with Gasteiger partial charge in [0.25, 0.3) is 5.91 Å². The number of rotatable bonds is 4. The van der Waals surface area contributed by atoms with E-state index in [9.17, 15) is 14.4 Å². The van der Waals surface area contributed by atoms with Crippen molar-refractivity contribution in [3.63, 3.8) is 0 Å². The Bertz CT molecular complexity index is 1220. The zero-order chi connectivity index (χ0) is 24.4. The number of Topliss-reactive ketones (excluding diaryl/α,β-unsaturated/α-hetero) is 1. The van der Waals surface area contributed by atoms with Crippen molar-refractivity contribution in [1.29, 1.82) is 0 Å². The molecule has 35 heavy (non-hydrogen) atoms. The fourth-order valence-electron chi connectivity index (χ4n) is 4.63. The molecule has 0 aliphatic carbocycles. The van der Waals surface area contributed by atoms with Gasteiger partial charge in [0, 0.05) is 61.8 Å². The molecule has 1 N–H and O–H groups in total. The highest BCUT2D eigenvalue weighted by atomic mass is 16.2. The average Bonchev–Trinajstić information content (AvgIpc) is 3.34. The maximum Gasteiger partial charge on any atom is 0.322 e. The molecule has 0 saturated carbocycles. The summed E-state index contributed by atoms with van der Waals surface area (Å²) in [6.07, 6.45) is 0. The molecule has 7 nitrogen and oxygen atoms in total. The van der Waals surface area contributed by atoms with Crippen LogP contribution < -0.4 is 10.2 Å². The number of carbonyl (C=O) groups is 3. The summed E-state index contributed by atoms with van der Waals surface area (Å²) in [5, 5.41) is 2.93. The van der Waals surface area contributed by atoms with Crippen LogP contribution in [-0.2, 0) is 13.1 Å². The normalized spacial score (nSPS) is 15.1. The minimum atomic E-state index is -0.146. The molecule has 3 aromatic rings. The Hall–Kier alpha value is -4.13. The van der Waals surface area contributed by atoms with E-state index in [4.69, 9.17) is 0 Å². The predicted octanol–water partition coefficient (Wildman–Crippen LogP) is 4.40. The Balaban J connectivity index is 1.14. The molecular weight excluding hydrogens is 440 g/mol. The van der Waals surface area contributed by atoms with Crippen LogP contribution in [0, 0.1) is 0 Å². The average molecular weight is 469 g/mol. The third-order valence-corrected chi connectivity index (χ3v) is 6.72. The van der Waals surface area contributed by atoms with Crippen molar-refractivity contribution in [3.05, 3.63) is 95.1 Å². The van der Waals surface area contributed by atoms with E-state index in [1.807, 2.05) is 53.4 Å². The summed E-state index contributed by atoms with van der Waals surface area (Å²) in [4.78, 5) is 43.0. The van der Waals surface area contributed by atoms with Gasteiger partial charge in [-0.25, -0.2) is 4.79 Å². The number of ketones is 1. The molecule has 0 aromatic heterocycles. The van der Waals surface area contributed by atoms with E-state index in [2.05, 4.69) is 10.2 Å². The van der Waals surface area contributed by atoms with Gasteiger partial charge in [-0.05, 0) is 66.6 Å². The van der Waals surface area contributed by atoms with Crippen molar-refractivity contribution in [1.82, 2.24) is 9.80 Å².